The molecule has 2 aliphatic rings. The minimum atomic E-state index is 0.329. The molecule has 17 heavy (non-hydrogen) atoms. The molecule has 0 aromatic carbocycles. The lowest BCUT2D eigenvalue weighted by atomic mass is 9.97. The highest BCUT2D eigenvalue weighted by molar-refractivity contribution is 8.00. The summed E-state index contributed by atoms with van der Waals surface area (Å²) in [5.41, 5.74) is 0.329. The molecule has 2 aliphatic heterocycles. The number of nitrogens with zero attached hydrogens (tertiary/aromatic N) is 1. The number of hydrogen-bond acceptors (Lipinski definition) is 3. The van der Waals surface area contributed by atoms with Gasteiger partial charge in [-0.15, -0.1) is 0 Å². The summed E-state index contributed by atoms with van der Waals surface area (Å²) in [6, 6.07) is 0. The Balaban J connectivity index is 1.95. The molecule has 100 valence electrons. The fraction of sp³-hybridized carbons (Fsp3) is 1.00. The Morgan fingerprint density at radius 1 is 1.29 bits per heavy atom. The van der Waals surface area contributed by atoms with Gasteiger partial charge < -0.3 is 10.2 Å². The zero-order valence-corrected chi connectivity index (χ0v) is 12.5. The lowest BCUT2D eigenvalue weighted by Gasteiger charge is -2.36. The van der Waals surface area contributed by atoms with Crippen molar-refractivity contribution in [3.8, 4) is 0 Å². The molecule has 0 spiro atoms. The molecule has 2 atom stereocenters. The van der Waals surface area contributed by atoms with Gasteiger partial charge in [-0.05, 0) is 58.4 Å². The Morgan fingerprint density at radius 3 is 2.76 bits per heavy atom. The third kappa shape index (κ3) is 3.62. The lowest BCUT2D eigenvalue weighted by molar-refractivity contribution is 0.200. The van der Waals surface area contributed by atoms with E-state index in [1.807, 2.05) is 0 Å². The third-order valence-corrected chi connectivity index (χ3v) is 5.94. The van der Waals surface area contributed by atoms with E-state index in [2.05, 4.69) is 42.7 Å². The average Bonchev–Trinajstić information content (AvgIpc) is 2.62. The first kappa shape index (κ1) is 13.7. The van der Waals surface area contributed by atoms with Crippen molar-refractivity contribution in [2.45, 2.75) is 56.7 Å². The van der Waals surface area contributed by atoms with Crippen molar-refractivity contribution in [1.82, 2.24) is 10.2 Å². The molecule has 2 unspecified atom stereocenters. The van der Waals surface area contributed by atoms with Gasteiger partial charge >= 0.3 is 0 Å². The van der Waals surface area contributed by atoms with Crippen molar-refractivity contribution >= 4 is 11.8 Å². The van der Waals surface area contributed by atoms with Gasteiger partial charge in [0.15, 0.2) is 0 Å². The Kier molecular flexibility index (Phi) is 4.43. The Bertz CT molecular complexity index is 251. The Morgan fingerprint density at radius 2 is 2.12 bits per heavy atom. The molecule has 2 saturated heterocycles. The van der Waals surface area contributed by atoms with E-state index in [1.54, 1.807) is 0 Å². The first-order valence-corrected chi connectivity index (χ1v) is 8.15. The quantitative estimate of drug-likeness (QED) is 0.836. The highest BCUT2D eigenvalue weighted by atomic mass is 32.2. The van der Waals surface area contributed by atoms with E-state index < -0.39 is 0 Å². The largest absolute Gasteiger partial charge is 0.310 e. The van der Waals surface area contributed by atoms with Crippen LogP contribution < -0.4 is 5.32 Å². The van der Waals surface area contributed by atoms with E-state index in [0.29, 0.717) is 10.3 Å². The Hall–Kier alpha value is 0.270. The van der Waals surface area contributed by atoms with Crippen LogP contribution in [0, 0.1) is 0 Å². The van der Waals surface area contributed by atoms with E-state index in [-0.39, 0.29) is 0 Å². The van der Waals surface area contributed by atoms with Gasteiger partial charge in [0.1, 0.15) is 0 Å². The molecule has 2 fully saturated rings. The summed E-state index contributed by atoms with van der Waals surface area (Å²) in [6.07, 6.45) is 5.35. The van der Waals surface area contributed by atoms with Crippen LogP contribution in [0.25, 0.3) is 0 Å². The van der Waals surface area contributed by atoms with Crippen LogP contribution in [0.3, 0.4) is 0 Å². The second kappa shape index (κ2) is 5.50. The molecule has 0 amide bonds. The lowest BCUT2D eigenvalue weighted by Crippen LogP contribution is -2.50. The molecule has 0 bridgehead atoms. The molecular weight excluding hydrogens is 228 g/mol. The number of nitrogens with one attached hydrogen (secondary N) is 1. The number of hydrogen-bond donors (Lipinski definition) is 1. The molecule has 0 aliphatic carbocycles. The van der Waals surface area contributed by atoms with Crippen LogP contribution in [0.2, 0.25) is 0 Å². The van der Waals surface area contributed by atoms with Crippen molar-refractivity contribution < 1.29 is 0 Å². The maximum absolute atomic E-state index is 3.73. The first-order valence-electron chi connectivity index (χ1n) is 7.17. The van der Waals surface area contributed by atoms with Crippen molar-refractivity contribution in [2.75, 3.05) is 31.9 Å². The third-order valence-electron chi connectivity index (χ3n) is 4.41. The standard InChI is InChI=1S/C14H28N2S/c1-4-13(2)11-16(9-6-8-15-13)12-14(3)7-5-10-17-14/h15H,4-12H2,1-3H3. The molecule has 3 heteroatoms. The summed E-state index contributed by atoms with van der Waals surface area (Å²) >= 11 is 2.19. The van der Waals surface area contributed by atoms with Gasteiger partial charge in [0.05, 0.1) is 0 Å². The van der Waals surface area contributed by atoms with Crippen LogP contribution in [-0.2, 0) is 0 Å². The molecule has 0 aromatic rings. The normalized spacial score (nSPS) is 40.4. The van der Waals surface area contributed by atoms with Crippen molar-refractivity contribution in [1.29, 1.82) is 0 Å². The van der Waals surface area contributed by atoms with Gasteiger partial charge in [0, 0.05) is 23.4 Å². The summed E-state index contributed by atoms with van der Waals surface area (Å²) < 4.78 is 0.527. The van der Waals surface area contributed by atoms with E-state index in [1.165, 1.54) is 57.6 Å². The maximum atomic E-state index is 3.73. The van der Waals surface area contributed by atoms with E-state index in [0.717, 1.165) is 0 Å². The molecule has 2 heterocycles. The number of thioether (sulfide) groups is 1. The monoisotopic (exact) mass is 256 g/mol. The summed E-state index contributed by atoms with van der Waals surface area (Å²) in [4.78, 5) is 2.71. The van der Waals surface area contributed by atoms with Gasteiger partial charge in [-0.25, -0.2) is 0 Å². The molecule has 2 nitrogen and oxygen atoms in total. The molecule has 0 saturated carbocycles. The summed E-state index contributed by atoms with van der Waals surface area (Å²) in [5, 5.41) is 3.73. The smallest absolute Gasteiger partial charge is 0.0277 e. The fourth-order valence-electron chi connectivity index (χ4n) is 3.13. The van der Waals surface area contributed by atoms with Crippen molar-refractivity contribution in [2.24, 2.45) is 0 Å². The predicted octanol–water partition coefficient (Wildman–Crippen LogP) is 2.74. The van der Waals surface area contributed by atoms with Gasteiger partial charge in [-0.3, -0.25) is 0 Å². The van der Waals surface area contributed by atoms with E-state index in [4.69, 9.17) is 0 Å². The predicted molar refractivity (Wildman–Crippen MR) is 77.9 cm³/mol. The zero-order chi connectivity index (χ0) is 12.4. The minimum absolute atomic E-state index is 0.329. The minimum Gasteiger partial charge on any atom is -0.310 e. The summed E-state index contributed by atoms with van der Waals surface area (Å²) in [7, 11) is 0. The molecule has 0 aromatic heterocycles. The average molecular weight is 256 g/mol. The first-order chi connectivity index (χ1) is 8.05. The van der Waals surface area contributed by atoms with Crippen LogP contribution >= 0.6 is 11.8 Å². The second-order valence-corrected chi connectivity index (χ2v) is 7.99. The molecular formula is C14H28N2S. The van der Waals surface area contributed by atoms with Crippen molar-refractivity contribution in [3.05, 3.63) is 0 Å². The highest BCUT2D eigenvalue weighted by Gasteiger charge is 2.34. The summed E-state index contributed by atoms with van der Waals surface area (Å²) in [5.74, 6) is 1.37. The molecule has 1 N–H and O–H groups in total. The summed E-state index contributed by atoms with van der Waals surface area (Å²) in [6.45, 7) is 12.1. The van der Waals surface area contributed by atoms with Crippen LogP contribution in [-0.4, -0.2) is 47.1 Å². The van der Waals surface area contributed by atoms with Gasteiger partial charge in [-0.2, -0.15) is 11.8 Å². The van der Waals surface area contributed by atoms with Crippen LogP contribution in [0.1, 0.15) is 46.5 Å². The molecule has 0 radical (unpaired) electrons. The topological polar surface area (TPSA) is 15.3 Å². The maximum Gasteiger partial charge on any atom is 0.0277 e. The zero-order valence-electron chi connectivity index (χ0n) is 11.7. The van der Waals surface area contributed by atoms with E-state index >= 15 is 0 Å². The van der Waals surface area contributed by atoms with Gasteiger partial charge in [0.2, 0.25) is 0 Å². The van der Waals surface area contributed by atoms with Crippen molar-refractivity contribution in [3.63, 3.8) is 0 Å². The van der Waals surface area contributed by atoms with Gasteiger partial charge in [0.25, 0.3) is 0 Å². The Labute approximate surface area is 111 Å². The number of rotatable bonds is 3. The molecule has 2 rings (SSSR count). The van der Waals surface area contributed by atoms with E-state index in [9.17, 15) is 0 Å². The second-order valence-electron chi connectivity index (χ2n) is 6.31. The van der Waals surface area contributed by atoms with Crippen LogP contribution in [0.5, 0.6) is 0 Å². The van der Waals surface area contributed by atoms with Gasteiger partial charge in [-0.1, -0.05) is 6.92 Å². The fourth-order valence-corrected chi connectivity index (χ4v) is 4.47. The highest BCUT2D eigenvalue weighted by Crippen LogP contribution is 2.38. The SMILES string of the molecule is CCC1(C)CN(CC2(C)CCCS2)CCCN1. The van der Waals surface area contributed by atoms with Crippen LogP contribution in [0.15, 0.2) is 0 Å². The van der Waals surface area contributed by atoms with Crippen LogP contribution in [0.4, 0.5) is 0 Å².